The third kappa shape index (κ3) is 3.12. The van der Waals surface area contributed by atoms with Crippen LogP contribution in [0.2, 0.25) is 0 Å². The van der Waals surface area contributed by atoms with E-state index in [0.29, 0.717) is 24.4 Å². The van der Waals surface area contributed by atoms with Crippen molar-refractivity contribution in [2.24, 2.45) is 5.92 Å². The second-order valence-electron chi connectivity index (χ2n) is 6.83. The smallest absolute Gasteiger partial charge is 0.220 e. The van der Waals surface area contributed by atoms with Crippen molar-refractivity contribution < 1.29 is 4.79 Å². The minimum absolute atomic E-state index is 0.178. The zero-order valence-corrected chi connectivity index (χ0v) is 13.3. The van der Waals surface area contributed by atoms with Gasteiger partial charge in [0.15, 0.2) is 0 Å². The molecule has 0 radical (unpaired) electrons. The summed E-state index contributed by atoms with van der Waals surface area (Å²) in [7, 11) is 0. The molecule has 1 amide bonds. The van der Waals surface area contributed by atoms with E-state index >= 15 is 0 Å². The molecule has 2 aromatic rings. The molecule has 5 nitrogen and oxygen atoms in total. The molecule has 2 aliphatic rings. The Bertz CT molecular complexity index is 695. The number of benzene rings is 1. The zero-order valence-electron chi connectivity index (χ0n) is 13.3. The number of hydrogen-bond donors (Lipinski definition) is 4. The molecule has 1 aromatic heterocycles. The van der Waals surface area contributed by atoms with Gasteiger partial charge >= 0.3 is 0 Å². The van der Waals surface area contributed by atoms with E-state index < -0.39 is 0 Å². The molecule has 23 heavy (non-hydrogen) atoms. The lowest BCUT2D eigenvalue weighted by molar-refractivity contribution is -0.122. The number of fused-ring (bicyclic) bond motifs is 2. The van der Waals surface area contributed by atoms with Crippen LogP contribution < -0.4 is 16.2 Å². The summed E-state index contributed by atoms with van der Waals surface area (Å²) in [6, 6.07) is 9.18. The number of aromatic amines is 1. The van der Waals surface area contributed by atoms with Crippen LogP contribution in [0.1, 0.15) is 31.2 Å². The molecule has 1 saturated carbocycles. The highest BCUT2D eigenvalue weighted by Gasteiger charge is 2.34. The number of H-pyrrole nitrogens is 1. The van der Waals surface area contributed by atoms with Crippen molar-refractivity contribution in [3.05, 3.63) is 36.0 Å². The summed E-state index contributed by atoms with van der Waals surface area (Å²) in [5.74, 6) is 0.834. The monoisotopic (exact) mass is 312 g/mol. The molecular weight excluding hydrogens is 288 g/mol. The van der Waals surface area contributed by atoms with Gasteiger partial charge in [0.25, 0.3) is 0 Å². The van der Waals surface area contributed by atoms with Crippen molar-refractivity contribution in [3.8, 4) is 0 Å². The standard InChI is InChI=1S/C18H24N4O/c23-18(21-14-6-7-16-13(9-14)11-20-22-16)8-5-12-10-19-17-4-2-1-3-15(12)17/h1-4,10,13-14,16,19-20,22H,5-9,11H2,(H,21,23). The number of carbonyl (C=O) groups excluding carboxylic acids is 1. The predicted molar refractivity (Wildman–Crippen MR) is 90.8 cm³/mol. The molecule has 2 fully saturated rings. The molecule has 1 aromatic carbocycles. The van der Waals surface area contributed by atoms with Crippen LogP contribution in [0.15, 0.2) is 30.5 Å². The molecule has 3 atom stereocenters. The minimum Gasteiger partial charge on any atom is -0.361 e. The fourth-order valence-electron chi connectivity index (χ4n) is 4.02. The van der Waals surface area contributed by atoms with Gasteiger partial charge in [-0.2, -0.15) is 0 Å². The van der Waals surface area contributed by atoms with E-state index in [1.54, 1.807) is 0 Å². The van der Waals surface area contributed by atoms with Gasteiger partial charge in [0.2, 0.25) is 5.91 Å². The van der Waals surface area contributed by atoms with E-state index in [-0.39, 0.29) is 5.91 Å². The molecule has 0 bridgehead atoms. The third-order valence-corrected chi connectivity index (χ3v) is 5.30. The van der Waals surface area contributed by atoms with Gasteiger partial charge in [0.1, 0.15) is 0 Å². The maximum absolute atomic E-state index is 12.3. The average molecular weight is 312 g/mol. The number of rotatable bonds is 4. The Balaban J connectivity index is 1.30. The Kier molecular flexibility index (Phi) is 4.06. The van der Waals surface area contributed by atoms with E-state index in [0.717, 1.165) is 37.7 Å². The van der Waals surface area contributed by atoms with Crippen molar-refractivity contribution in [1.82, 2.24) is 21.2 Å². The topological polar surface area (TPSA) is 69.0 Å². The summed E-state index contributed by atoms with van der Waals surface area (Å²) < 4.78 is 0. The van der Waals surface area contributed by atoms with Gasteiger partial charge in [0.05, 0.1) is 0 Å². The van der Waals surface area contributed by atoms with E-state index in [1.165, 1.54) is 10.9 Å². The molecule has 4 N–H and O–H groups in total. The summed E-state index contributed by atoms with van der Waals surface area (Å²) in [4.78, 5) is 15.6. The second kappa shape index (κ2) is 6.34. The fraction of sp³-hybridized carbons (Fsp3) is 0.500. The number of aryl methyl sites for hydroxylation is 1. The molecule has 5 heteroatoms. The highest BCUT2D eigenvalue weighted by atomic mass is 16.1. The highest BCUT2D eigenvalue weighted by Crippen LogP contribution is 2.26. The maximum Gasteiger partial charge on any atom is 0.220 e. The zero-order chi connectivity index (χ0) is 15.6. The van der Waals surface area contributed by atoms with Gasteiger partial charge < -0.3 is 10.3 Å². The van der Waals surface area contributed by atoms with Crippen LogP contribution in [0.4, 0.5) is 0 Å². The Morgan fingerprint density at radius 3 is 3.13 bits per heavy atom. The highest BCUT2D eigenvalue weighted by molar-refractivity contribution is 5.84. The number of hydrazine groups is 1. The quantitative estimate of drug-likeness (QED) is 0.696. The Morgan fingerprint density at radius 1 is 1.26 bits per heavy atom. The van der Waals surface area contributed by atoms with Gasteiger partial charge in [0, 0.05) is 42.1 Å². The van der Waals surface area contributed by atoms with E-state index in [2.05, 4.69) is 33.3 Å². The average Bonchev–Trinajstić information content (AvgIpc) is 3.19. The SMILES string of the molecule is O=C(CCc1c[nH]c2ccccc12)NC1CCC2NNCC2C1. The van der Waals surface area contributed by atoms with Gasteiger partial charge in [-0.25, -0.2) is 0 Å². The van der Waals surface area contributed by atoms with Crippen molar-refractivity contribution in [3.63, 3.8) is 0 Å². The van der Waals surface area contributed by atoms with Gasteiger partial charge in [-0.05, 0) is 43.2 Å². The lowest BCUT2D eigenvalue weighted by atomic mass is 9.83. The van der Waals surface area contributed by atoms with Gasteiger partial charge in [-0.1, -0.05) is 18.2 Å². The molecule has 2 heterocycles. The predicted octanol–water partition coefficient (Wildman–Crippen LogP) is 1.86. The van der Waals surface area contributed by atoms with E-state index in [1.807, 2.05) is 18.3 Å². The number of hydrogen-bond acceptors (Lipinski definition) is 3. The lowest BCUT2D eigenvalue weighted by Gasteiger charge is -2.31. The first kappa shape index (κ1) is 14.7. The summed E-state index contributed by atoms with van der Waals surface area (Å²) in [5, 5.41) is 4.46. The Hall–Kier alpha value is -1.85. The first-order valence-corrected chi connectivity index (χ1v) is 8.62. The first-order chi connectivity index (χ1) is 11.3. The summed E-state index contributed by atoms with van der Waals surface area (Å²) in [6.07, 6.45) is 6.68. The number of nitrogens with one attached hydrogen (secondary N) is 4. The molecule has 122 valence electrons. The van der Waals surface area contributed by atoms with Crippen LogP contribution in [0.25, 0.3) is 10.9 Å². The van der Waals surface area contributed by atoms with Crippen molar-refractivity contribution in [1.29, 1.82) is 0 Å². The second-order valence-corrected chi connectivity index (χ2v) is 6.83. The molecule has 3 unspecified atom stereocenters. The van der Waals surface area contributed by atoms with E-state index in [9.17, 15) is 4.79 Å². The van der Waals surface area contributed by atoms with Crippen molar-refractivity contribution in [2.45, 2.75) is 44.2 Å². The molecule has 0 spiro atoms. The lowest BCUT2D eigenvalue weighted by Crippen LogP contribution is -2.44. The number of para-hydroxylation sites is 1. The summed E-state index contributed by atoms with van der Waals surface area (Å²) in [6.45, 7) is 1.02. The maximum atomic E-state index is 12.3. The van der Waals surface area contributed by atoms with Gasteiger partial charge in [-0.3, -0.25) is 15.6 Å². The Morgan fingerprint density at radius 2 is 2.17 bits per heavy atom. The van der Waals surface area contributed by atoms with Crippen LogP contribution in [-0.4, -0.2) is 29.5 Å². The van der Waals surface area contributed by atoms with Crippen LogP contribution in [0.3, 0.4) is 0 Å². The van der Waals surface area contributed by atoms with Crippen LogP contribution in [0, 0.1) is 5.92 Å². The molecule has 1 aliphatic heterocycles. The van der Waals surface area contributed by atoms with Crippen molar-refractivity contribution in [2.75, 3.05) is 6.54 Å². The Labute approximate surface area is 136 Å². The number of carbonyl (C=O) groups is 1. The summed E-state index contributed by atoms with van der Waals surface area (Å²) >= 11 is 0. The molecule has 1 aliphatic carbocycles. The first-order valence-electron chi connectivity index (χ1n) is 8.62. The van der Waals surface area contributed by atoms with Gasteiger partial charge in [-0.15, -0.1) is 0 Å². The molecule has 4 rings (SSSR count). The molecule has 1 saturated heterocycles. The molecular formula is C18H24N4O. The number of aromatic nitrogens is 1. The fourth-order valence-corrected chi connectivity index (χ4v) is 4.02. The van der Waals surface area contributed by atoms with Crippen molar-refractivity contribution >= 4 is 16.8 Å². The minimum atomic E-state index is 0.178. The van der Waals surface area contributed by atoms with Crippen LogP contribution in [0.5, 0.6) is 0 Å². The third-order valence-electron chi connectivity index (χ3n) is 5.30. The van der Waals surface area contributed by atoms with E-state index in [4.69, 9.17) is 0 Å². The van der Waals surface area contributed by atoms with Crippen LogP contribution in [-0.2, 0) is 11.2 Å². The normalized spacial score (nSPS) is 27.0. The van der Waals surface area contributed by atoms with Crippen LogP contribution >= 0.6 is 0 Å². The summed E-state index contributed by atoms with van der Waals surface area (Å²) in [5.41, 5.74) is 8.93. The number of amides is 1. The largest absolute Gasteiger partial charge is 0.361 e.